The summed E-state index contributed by atoms with van der Waals surface area (Å²) in [5.41, 5.74) is 6.50. The lowest BCUT2D eigenvalue weighted by atomic mass is 9.82. The van der Waals surface area contributed by atoms with Crippen LogP contribution < -0.4 is 4.57 Å². The number of aromatic nitrogens is 1. The van der Waals surface area contributed by atoms with Crippen molar-refractivity contribution in [3.8, 4) is 11.3 Å². The summed E-state index contributed by atoms with van der Waals surface area (Å²) in [6, 6.07) is 8.56. The van der Waals surface area contributed by atoms with Crippen LogP contribution in [0.25, 0.3) is 38.0 Å². The van der Waals surface area contributed by atoms with Gasteiger partial charge in [0, 0.05) is 36.7 Å². The lowest BCUT2D eigenvalue weighted by Gasteiger charge is -2.23. The van der Waals surface area contributed by atoms with Gasteiger partial charge in [-0.2, -0.15) is 4.57 Å². The van der Waals surface area contributed by atoms with Crippen molar-refractivity contribution in [2.75, 3.05) is 0 Å². The maximum atomic E-state index is 9.31. The van der Waals surface area contributed by atoms with Crippen LogP contribution in [-0.2, 0) is 7.05 Å². The molecular formula is C28H29N2O+. The van der Waals surface area contributed by atoms with Crippen LogP contribution in [0.1, 0.15) is 64.5 Å². The molecule has 1 aliphatic rings. The second-order valence-corrected chi connectivity index (χ2v) is 8.72. The third kappa shape index (κ3) is 3.13. The molecule has 0 atom stereocenters. The van der Waals surface area contributed by atoms with Crippen molar-refractivity contribution < 1.29 is 13.1 Å². The van der Waals surface area contributed by atoms with Crippen LogP contribution in [0.5, 0.6) is 0 Å². The second-order valence-electron chi connectivity index (χ2n) is 8.72. The second kappa shape index (κ2) is 7.54. The molecular weight excluding hydrogens is 380 g/mol. The number of aryl methyl sites for hydroxylation is 1. The van der Waals surface area contributed by atoms with Crippen molar-refractivity contribution in [3.05, 3.63) is 70.2 Å². The van der Waals surface area contributed by atoms with Crippen molar-refractivity contribution in [3.63, 3.8) is 0 Å². The molecule has 0 aliphatic heterocycles. The Kier molecular flexibility index (Phi) is 4.02. The van der Waals surface area contributed by atoms with E-state index in [1.54, 1.807) is 0 Å². The minimum absolute atomic E-state index is 0.320. The molecule has 2 heterocycles. The van der Waals surface area contributed by atoms with Crippen LogP contribution >= 0.6 is 0 Å². The Balaban J connectivity index is 1.92. The standard InChI is InChI=1S/C28H29N2O/c1-17-15-19(3)30(5)24(16-17)25-18(2)11-12-21-22-13-14-23(29-4)26(28(22)31-27(21)25)20-9-7-6-8-10-20/h11-16,20H,6-10H2,1-3,5H3/q+1/i15D,16D,20D. The largest absolute Gasteiger partial charge is 0.456 e. The van der Waals surface area contributed by atoms with E-state index >= 15 is 0 Å². The van der Waals surface area contributed by atoms with E-state index in [4.69, 9.17) is 13.7 Å². The summed E-state index contributed by atoms with van der Waals surface area (Å²) < 4.78 is 35.1. The van der Waals surface area contributed by atoms with Crippen molar-refractivity contribution in [1.29, 1.82) is 0 Å². The third-order valence-electron chi connectivity index (χ3n) is 6.68. The van der Waals surface area contributed by atoms with E-state index in [0.717, 1.165) is 65.4 Å². The molecule has 156 valence electrons. The Morgan fingerprint density at radius 3 is 2.48 bits per heavy atom. The topological polar surface area (TPSA) is 21.4 Å². The number of furan rings is 1. The quantitative estimate of drug-likeness (QED) is 0.245. The number of hydrogen-bond acceptors (Lipinski definition) is 1. The molecule has 0 radical (unpaired) electrons. The van der Waals surface area contributed by atoms with E-state index in [0.29, 0.717) is 40.1 Å². The highest BCUT2D eigenvalue weighted by Gasteiger charge is 2.27. The fourth-order valence-electron chi connectivity index (χ4n) is 5.00. The Morgan fingerprint density at radius 2 is 1.74 bits per heavy atom. The summed E-state index contributed by atoms with van der Waals surface area (Å²) in [5, 5.41) is 1.84. The smallest absolute Gasteiger partial charge is 0.216 e. The van der Waals surface area contributed by atoms with Gasteiger partial charge in [-0.25, -0.2) is 4.85 Å². The zero-order valence-electron chi connectivity index (χ0n) is 21.6. The van der Waals surface area contributed by atoms with Crippen LogP contribution in [0.15, 0.2) is 40.8 Å². The van der Waals surface area contributed by atoms with E-state index < -0.39 is 5.89 Å². The fraction of sp³-hybridized carbons (Fsp3) is 0.357. The first-order valence-corrected chi connectivity index (χ1v) is 11.0. The highest BCUT2D eigenvalue weighted by Crippen LogP contribution is 2.46. The van der Waals surface area contributed by atoms with Gasteiger partial charge < -0.3 is 4.42 Å². The van der Waals surface area contributed by atoms with E-state index in [1.807, 2.05) is 56.7 Å². The molecule has 3 heteroatoms. The summed E-state index contributed by atoms with van der Waals surface area (Å²) in [7, 11) is 1.89. The monoisotopic (exact) mass is 412 g/mol. The van der Waals surface area contributed by atoms with Crippen molar-refractivity contribution in [2.24, 2.45) is 7.05 Å². The molecule has 4 aromatic rings. The van der Waals surface area contributed by atoms with Crippen LogP contribution in [-0.4, -0.2) is 0 Å². The Hall–Kier alpha value is -3.12. The van der Waals surface area contributed by atoms with E-state index in [1.165, 1.54) is 0 Å². The lowest BCUT2D eigenvalue weighted by Crippen LogP contribution is -2.35. The van der Waals surface area contributed by atoms with Crippen molar-refractivity contribution in [1.82, 2.24) is 0 Å². The highest BCUT2D eigenvalue weighted by atomic mass is 16.3. The van der Waals surface area contributed by atoms with Crippen molar-refractivity contribution >= 4 is 27.6 Å². The van der Waals surface area contributed by atoms with E-state index in [-0.39, 0.29) is 0 Å². The Bertz CT molecular complexity index is 1490. The zero-order chi connectivity index (χ0) is 24.4. The number of pyridine rings is 1. The van der Waals surface area contributed by atoms with Crippen molar-refractivity contribution in [2.45, 2.75) is 58.8 Å². The van der Waals surface area contributed by atoms with Crippen LogP contribution in [0.2, 0.25) is 0 Å². The SMILES string of the molecule is [2H]c1c(C)c([2H])c(-c2c(C)ccc3c2oc2c(C4([2H])CCCCC4)c([N+]#[C-])ccc23)[n+](C)c1C. The minimum atomic E-state index is -0.827. The number of nitrogens with zero attached hydrogens (tertiary/aromatic N) is 2. The maximum Gasteiger partial charge on any atom is 0.216 e. The molecule has 5 rings (SSSR count). The Morgan fingerprint density at radius 1 is 1.03 bits per heavy atom. The molecule has 31 heavy (non-hydrogen) atoms. The predicted octanol–water partition coefficient (Wildman–Crippen LogP) is 7.60. The summed E-state index contributed by atoms with van der Waals surface area (Å²) in [5.74, 6) is -0.827. The van der Waals surface area contributed by atoms with Gasteiger partial charge in [0.2, 0.25) is 5.69 Å². The fourth-order valence-corrected chi connectivity index (χ4v) is 5.00. The summed E-state index contributed by atoms with van der Waals surface area (Å²) in [4.78, 5) is 3.79. The number of fused-ring (bicyclic) bond motifs is 3. The predicted molar refractivity (Wildman–Crippen MR) is 127 cm³/mol. The molecule has 0 unspecified atom stereocenters. The van der Waals surface area contributed by atoms with Crippen LogP contribution in [0.3, 0.4) is 0 Å². The minimum Gasteiger partial charge on any atom is -0.456 e. The molecule has 1 aliphatic carbocycles. The van der Waals surface area contributed by atoms with Gasteiger partial charge >= 0.3 is 0 Å². The first-order valence-electron chi connectivity index (χ1n) is 12.5. The first kappa shape index (κ1) is 16.6. The molecule has 0 spiro atoms. The molecule has 0 saturated heterocycles. The molecule has 2 aromatic heterocycles. The van der Waals surface area contributed by atoms with Gasteiger partial charge in [0.15, 0.2) is 11.4 Å². The molecule has 0 amide bonds. The lowest BCUT2D eigenvalue weighted by molar-refractivity contribution is -0.666. The molecule has 1 fully saturated rings. The number of benzene rings is 2. The Labute approximate surface area is 188 Å². The van der Waals surface area contributed by atoms with Gasteiger partial charge in [-0.1, -0.05) is 43.5 Å². The van der Waals surface area contributed by atoms with Gasteiger partial charge in [-0.3, -0.25) is 0 Å². The summed E-state index contributed by atoms with van der Waals surface area (Å²) >= 11 is 0. The molecule has 0 N–H and O–H groups in total. The van der Waals surface area contributed by atoms with Gasteiger partial charge in [-0.15, -0.1) is 0 Å². The molecule has 0 bridgehead atoms. The van der Waals surface area contributed by atoms with Gasteiger partial charge in [0.05, 0.1) is 14.9 Å². The molecule has 1 saturated carbocycles. The highest BCUT2D eigenvalue weighted by molar-refractivity contribution is 6.11. The van der Waals surface area contributed by atoms with Crippen LogP contribution in [0.4, 0.5) is 5.69 Å². The van der Waals surface area contributed by atoms with E-state index in [2.05, 4.69) is 4.85 Å². The normalized spacial score (nSPS) is 17.3. The van der Waals surface area contributed by atoms with Crippen LogP contribution in [0, 0.1) is 27.3 Å². The first-order chi connectivity index (χ1) is 16.2. The van der Waals surface area contributed by atoms with E-state index in [9.17, 15) is 1.37 Å². The number of hydrogen-bond donors (Lipinski definition) is 0. The average molecular weight is 413 g/mol. The maximum absolute atomic E-state index is 9.31. The zero-order valence-corrected chi connectivity index (χ0v) is 18.6. The third-order valence-corrected chi connectivity index (χ3v) is 6.68. The average Bonchev–Trinajstić information content (AvgIpc) is 3.21. The summed E-state index contributed by atoms with van der Waals surface area (Å²) in [6.45, 7) is 13.5. The van der Waals surface area contributed by atoms with Gasteiger partial charge in [-0.05, 0) is 43.7 Å². The number of rotatable bonds is 2. The van der Waals surface area contributed by atoms with Gasteiger partial charge in [0.1, 0.15) is 18.2 Å². The molecule has 2 aromatic carbocycles. The molecule has 3 nitrogen and oxygen atoms in total. The van der Waals surface area contributed by atoms with Gasteiger partial charge in [0.25, 0.3) is 0 Å². The summed E-state index contributed by atoms with van der Waals surface area (Å²) in [6.07, 6.45) is 4.55.